The second-order valence-corrected chi connectivity index (χ2v) is 9.97. The van der Waals surface area contributed by atoms with E-state index < -0.39 is 47.5 Å². The molecule has 3 aromatic rings. The number of carbonyl (C=O) groups excluding carboxylic acids is 1. The molecule has 0 aliphatic rings. The summed E-state index contributed by atoms with van der Waals surface area (Å²) in [5.41, 5.74) is 10.5. The number of guanidine groups is 1. The van der Waals surface area contributed by atoms with Crippen LogP contribution in [0.3, 0.4) is 0 Å². The Bertz CT molecular complexity index is 1520. The lowest BCUT2D eigenvalue weighted by molar-refractivity contribution is -0.114. The van der Waals surface area contributed by atoms with Crippen LogP contribution in [0.25, 0.3) is 6.08 Å². The molecule has 1 amide bonds. The minimum atomic E-state index is -4.05. The highest BCUT2D eigenvalue weighted by atomic mass is 32.2. The van der Waals surface area contributed by atoms with Crippen molar-refractivity contribution in [2.24, 2.45) is 16.5 Å². The third kappa shape index (κ3) is 7.62. The smallest absolute Gasteiger partial charge is 0.365 e. The number of carbonyl (C=O) groups is 1. The zero-order valence-corrected chi connectivity index (χ0v) is 21.3. The molecule has 0 bridgehead atoms. The van der Waals surface area contributed by atoms with Crippen LogP contribution in [0.2, 0.25) is 0 Å². The van der Waals surface area contributed by atoms with E-state index in [9.17, 15) is 26.6 Å². The van der Waals surface area contributed by atoms with Crippen LogP contribution in [-0.4, -0.2) is 25.2 Å². The molecule has 3 aromatic carbocycles. The normalized spacial score (nSPS) is 12.4. The van der Waals surface area contributed by atoms with Gasteiger partial charge in [-0.3, -0.25) is 9.52 Å². The van der Waals surface area contributed by atoms with Gasteiger partial charge in [0.15, 0.2) is 23.3 Å². The van der Waals surface area contributed by atoms with Crippen LogP contribution < -0.4 is 25.5 Å². The summed E-state index contributed by atoms with van der Waals surface area (Å²) in [6.07, 6.45) is 1.19. The number of ether oxygens (including phenoxy) is 1. The molecule has 11 nitrogen and oxygen atoms in total. The minimum Gasteiger partial charge on any atom is -0.451 e. The van der Waals surface area contributed by atoms with Gasteiger partial charge < -0.3 is 25.6 Å². The molecule has 0 radical (unpaired) electrons. The molecule has 0 aliphatic carbocycles. The van der Waals surface area contributed by atoms with Gasteiger partial charge in [0.2, 0.25) is 0 Å². The van der Waals surface area contributed by atoms with E-state index in [1.807, 2.05) is 0 Å². The molecule has 0 saturated heterocycles. The maximum atomic E-state index is 14.6. The topological polar surface area (TPSA) is 183 Å². The Kier molecular flexibility index (Phi) is 8.84. The number of sulfonamides is 1. The highest BCUT2D eigenvalue weighted by molar-refractivity contribution is 7.92. The van der Waals surface area contributed by atoms with Crippen molar-refractivity contribution < 1.29 is 40.7 Å². The Balaban J connectivity index is 1.74. The van der Waals surface area contributed by atoms with Crippen LogP contribution >= 0.6 is 8.25 Å². The molecule has 200 valence electrons. The summed E-state index contributed by atoms with van der Waals surface area (Å²) in [7, 11) is -7.24. The number of rotatable bonds is 9. The lowest BCUT2D eigenvalue weighted by atomic mass is 10.1. The van der Waals surface area contributed by atoms with Crippen molar-refractivity contribution in [2.45, 2.75) is 11.8 Å². The zero-order valence-electron chi connectivity index (χ0n) is 19.5. The molecule has 38 heavy (non-hydrogen) atoms. The van der Waals surface area contributed by atoms with Gasteiger partial charge in [-0.05, 0) is 79.2 Å². The lowest BCUT2D eigenvalue weighted by Crippen LogP contribution is -2.24. The number of amides is 1. The van der Waals surface area contributed by atoms with Gasteiger partial charge in [0.1, 0.15) is 11.5 Å². The van der Waals surface area contributed by atoms with Crippen molar-refractivity contribution in [3.8, 4) is 17.2 Å². The Morgan fingerprint density at radius 1 is 1.03 bits per heavy atom. The fourth-order valence-electron chi connectivity index (χ4n) is 2.99. The van der Waals surface area contributed by atoms with Crippen molar-refractivity contribution in [1.82, 2.24) is 0 Å². The summed E-state index contributed by atoms with van der Waals surface area (Å²) < 4.78 is 77.4. The Labute approximate surface area is 216 Å². The Morgan fingerprint density at radius 2 is 1.58 bits per heavy atom. The van der Waals surface area contributed by atoms with Crippen molar-refractivity contribution in [2.75, 3.05) is 4.72 Å². The number of aliphatic imine (C=N–C) groups is 1. The number of nitrogens with one attached hydrogen (secondary N) is 1. The first-order chi connectivity index (χ1) is 17.8. The van der Waals surface area contributed by atoms with Crippen molar-refractivity contribution in [3.05, 3.63) is 83.4 Å². The van der Waals surface area contributed by atoms with Gasteiger partial charge in [0, 0.05) is 11.3 Å². The number of nitrogens with two attached hydrogens (primary N) is 2. The average molecular weight is 566 g/mol. The molecule has 0 fully saturated rings. The molecule has 0 saturated carbocycles. The quantitative estimate of drug-likeness (QED) is 0.130. The second-order valence-electron chi connectivity index (χ2n) is 7.55. The molecule has 15 heteroatoms. The van der Waals surface area contributed by atoms with Gasteiger partial charge >= 0.3 is 8.25 Å². The number of anilines is 1. The third-order valence-electron chi connectivity index (χ3n) is 4.64. The first kappa shape index (κ1) is 28.3. The molecule has 0 heterocycles. The average Bonchev–Trinajstić information content (AvgIpc) is 2.82. The second kappa shape index (κ2) is 11.9. The van der Waals surface area contributed by atoms with E-state index >= 15 is 0 Å². The maximum Gasteiger partial charge on any atom is 0.365 e. The number of hydrogen-bond acceptors (Lipinski definition) is 6. The Morgan fingerprint density at radius 3 is 2.11 bits per heavy atom. The maximum absolute atomic E-state index is 14.6. The van der Waals surface area contributed by atoms with Gasteiger partial charge in [-0.2, -0.15) is 4.99 Å². The lowest BCUT2D eigenvalue weighted by Gasteiger charge is -2.11. The monoisotopic (exact) mass is 566 g/mol. The van der Waals surface area contributed by atoms with Gasteiger partial charge in [-0.1, -0.05) is 0 Å². The molecule has 0 aliphatic heterocycles. The Hall–Kier alpha value is -4.26. The number of hydrogen-bond donors (Lipinski definition) is 4. The minimum absolute atomic E-state index is 0.0156. The highest BCUT2D eigenvalue weighted by Gasteiger charge is 2.17. The summed E-state index contributed by atoms with van der Waals surface area (Å²) in [6, 6.07) is 11.9. The molecule has 0 spiro atoms. The van der Waals surface area contributed by atoms with Crippen LogP contribution in [0, 0.1) is 11.6 Å². The SMILES string of the molecule is C/C(=C\c1cc(F)c(Oc2ccc(S(=O)(=O)Nc3ccc(O[PH](=O)O)cc3)cc2)c(F)c1)C(=O)N=C(N)N. The van der Waals surface area contributed by atoms with Crippen LogP contribution in [0.5, 0.6) is 17.2 Å². The molecular weight excluding hydrogens is 545 g/mol. The number of halogens is 2. The largest absolute Gasteiger partial charge is 0.451 e. The van der Waals surface area contributed by atoms with E-state index in [1.54, 1.807) is 0 Å². The van der Waals surface area contributed by atoms with Crippen molar-refractivity contribution in [1.29, 1.82) is 0 Å². The first-order valence-corrected chi connectivity index (χ1v) is 13.2. The number of benzene rings is 3. The fraction of sp³-hybridized carbons (Fsp3) is 0.0435. The summed E-state index contributed by atoms with van der Waals surface area (Å²) in [4.78, 5) is 23.7. The molecule has 1 atom stereocenters. The highest BCUT2D eigenvalue weighted by Crippen LogP contribution is 2.31. The predicted octanol–water partition coefficient (Wildman–Crippen LogP) is 3.52. The van der Waals surface area contributed by atoms with Crippen molar-refractivity contribution >= 4 is 41.9 Å². The van der Waals surface area contributed by atoms with E-state index in [0.717, 1.165) is 12.1 Å². The van der Waals surface area contributed by atoms with E-state index in [-0.39, 0.29) is 33.2 Å². The van der Waals surface area contributed by atoms with Gasteiger partial charge in [-0.25, -0.2) is 21.8 Å². The summed E-state index contributed by atoms with van der Waals surface area (Å²) in [5.74, 6) is -4.09. The van der Waals surface area contributed by atoms with Gasteiger partial charge in [0.05, 0.1) is 4.90 Å². The summed E-state index contributed by atoms with van der Waals surface area (Å²) in [6.45, 7) is 1.37. The number of nitrogens with zero attached hydrogens (tertiary/aromatic N) is 1. The third-order valence-corrected chi connectivity index (χ3v) is 6.44. The summed E-state index contributed by atoms with van der Waals surface area (Å²) >= 11 is 0. The van der Waals surface area contributed by atoms with E-state index in [2.05, 4.69) is 14.2 Å². The predicted molar refractivity (Wildman–Crippen MR) is 136 cm³/mol. The standard InChI is InChI=1S/C23H21F2N4O7PS/c1-13(22(30)28-23(26)27)10-14-11-19(24)21(20(25)12-14)35-16-6-8-18(9-7-16)38(33,34)29-15-2-4-17(5-3-15)36-37(31)32/h2-12,29,37H,1H3,(H,31,32)(H4,26,27,28,30)/b13-10+. The molecule has 1 unspecified atom stereocenters. The van der Waals surface area contributed by atoms with Gasteiger partial charge in [-0.15, -0.1) is 0 Å². The van der Waals surface area contributed by atoms with E-state index in [0.29, 0.717) is 0 Å². The van der Waals surface area contributed by atoms with Gasteiger partial charge in [0.25, 0.3) is 15.9 Å². The molecular formula is C23H21F2N4O7PS. The van der Waals surface area contributed by atoms with Crippen molar-refractivity contribution in [3.63, 3.8) is 0 Å². The molecule has 3 rings (SSSR count). The van der Waals surface area contributed by atoms with Crippen LogP contribution in [0.1, 0.15) is 12.5 Å². The van der Waals surface area contributed by atoms with Crippen LogP contribution in [-0.2, 0) is 19.4 Å². The van der Waals surface area contributed by atoms with E-state index in [4.69, 9.17) is 21.1 Å². The van der Waals surface area contributed by atoms with E-state index in [1.165, 1.54) is 61.5 Å². The zero-order chi connectivity index (χ0) is 28.0. The van der Waals surface area contributed by atoms with Crippen LogP contribution in [0.4, 0.5) is 14.5 Å². The fourth-order valence-corrected chi connectivity index (χ4v) is 4.38. The first-order valence-electron chi connectivity index (χ1n) is 10.5. The molecule has 0 aromatic heterocycles. The van der Waals surface area contributed by atoms with Crippen LogP contribution in [0.15, 0.2) is 76.1 Å². The summed E-state index contributed by atoms with van der Waals surface area (Å²) in [5, 5.41) is 0. The molecule has 6 N–H and O–H groups in total.